The molecule has 4 heterocycles. The topological polar surface area (TPSA) is 52.1 Å². The van der Waals surface area contributed by atoms with Gasteiger partial charge in [-0.15, -0.1) is 0 Å². The number of rotatable bonds is 4. The first-order valence-electron chi connectivity index (χ1n) is 27.7. The van der Waals surface area contributed by atoms with Crippen molar-refractivity contribution in [1.82, 2.24) is 9.97 Å². The lowest BCUT2D eigenvalue weighted by molar-refractivity contribution is 0.649. The molecule has 0 atom stereocenters. The fourth-order valence-electron chi connectivity index (χ4n) is 14.9. The molecule has 0 saturated carbocycles. The van der Waals surface area contributed by atoms with Gasteiger partial charge in [-0.25, -0.2) is 0 Å². The van der Waals surface area contributed by atoms with Gasteiger partial charge in [-0.3, -0.25) is 9.97 Å². The van der Waals surface area contributed by atoms with E-state index in [1.807, 2.05) is 12.4 Å². The van der Waals surface area contributed by atoms with Gasteiger partial charge in [0.15, 0.2) is 0 Å². The van der Waals surface area contributed by atoms with Crippen LogP contribution in [0.2, 0.25) is 0 Å². The van der Waals surface area contributed by atoms with Crippen LogP contribution >= 0.6 is 0 Å². The van der Waals surface area contributed by atoms with Gasteiger partial charge in [0.2, 0.25) is 0 Å². The molecule has 374 valence electrons. The normalized spacial score (nSPS) is 15.0. The van der Waals surface area contributed by atoms with Crippen molar-refractivity contribution in [3.05, 3.63) is 240 Å². The molecule has 3 aliphatic rings. The quantitative estimate of drug-likeness (QED) is 0.176. The highest BCUT2D eigenvalue weighted by molar-refractivity contribution is 6.19. The maximum atomic E-state index is 7.04. The summed E-state index contributed by atoms with van der Waals surface area (Å²) in [5.74, 6) is 0. The molecule has 0 unspecified atom stereocenters. The van der Waals surface area contributed by atoms with Gasteiger partial charge >= 0.3 is 0 Å². The average molecular weight is 1010 g/mol. The Morgan fingerprint density at radius 2 is 0.595 bits per heavy atom. The smallest absolute Gasteiger partial charge is 0.143 e. The van der Waals surface area contributed by atoms with Gasteiger partial charge in [0.25, 0.3) is 0 Å². The van der Waals surface area contributed by atoms with Gasteiger partial charge in [-0.1, -0.05) is 175 Å². The van der Waals surface area contributed by atoms with Gasteiger partial charge in [0.1, 0.15) is 22.3 Å². The largest absolute Gasteiger partial charge is 0.455 e. The third-order valence-corrected chi connectivity index (χ3v) is 18.9. The van der Waals surface area contributed by atoms with Crippen molar-refractivity contribution in [3.8, 4) is 77.9 Å². The van der Waals surface area contributed by atoms with E-state index in [4.69, 9.17) is 18.8 Å². The number of hydrogen-bond donors (Lipinski definition) is 0. The Morgan fingerprint density at radius 1 is 0.266 bits per heavy atom. The number of aromatic nitrogens is 2. The zero-order valence-corrected chi connectivity index (χ0v) is 44.8. The second-order valence-electron chi connectivity index (χ2n) is 24.0. The average Bonchev–Trinajstić information content (AvgIpc) is 2.89. The molecule has 0 radical (unpaired) electrons. The summed E-state index contributed by atoms with van der Waals surface area (Å²) in [4.78, 5) is 9.58. The summed E-state index contributed by atoms with van der Waals surface area (Å²) >= 11 is 0. The molecule has 0 N–H and O–H groups in total. The molecule has 4 heteroatoms. The van der Waals surface area contributed by atoms with Crippen molar-refractivity contribution >= 4 is 65.4 Å². The molecule has 0 saturated heterocycles. The minimum absolute atomic E-state index is 0.270. The van der Waals surface area contributed by atoms with Crippen molar-refractivity contribution in [2.45, 2.75) is 57.8 Å². The summed E-state index contributed by atoms with van der Waals surface area (Å²) in [5.41, 5.74) is 27.7. The lowest BCUT2D eigenvalue weighted by Crippen LogP contribution is -2.17. The molecule has 10 aromatic carbocycles. The first-order chi connectivity index (χ1) is 38.5. The molecular formula is C75H52N2O2. The van der Waals surface area contributed by atoms with Gasteiger partial charge in [-0.05, 0) is 148 Å². The predicted octanol–water partition coefficient (Wildman–Crippen LogP) is 20.2. The second kappa shape index (κ2) is 15.4. The van der Waals surface area contributed by atoms with E-state index in [9.17, 15) is 0 Å². The minimum Gasteiger partial charge on any atom is -0.455 e. The Labute approximate surface area is 457 Å². The first-order valence-corrected chi connectivity index (χ1v) is 27.7. The fourth-order valence-corrected chi connectivity index (χ4v) is 14.9. The zero-order chi connectivity index (χ0) is 52.8. The molecular weight excluding hydrogens is 961 g/mol. The van der Waals surface area contributed by atoms with Crippen LogP contribution in [-0.4, -0.2) is 9.97 Å². The Hall–Kier alpha value is -9.38. The van der Waals surface area contributed by atoms with Gasteiger partial charge < -0.3 is 8.83 Å². The molecule has 4 aromatic heterocycles. The van der Waals surface area contributed by atoms with Crippen LogP contribution in [0.15, 0.2) is 216 Å². The highest BCUT2D eigenvalue weighted by atomic mass is 16.3. The van der Waals surface area contributed by atoms with Gasteiger partial charge in [-0.2, -0.15) is 0 Å². The third kappa shape index (κ3) is 5.83. The van der Waals surface area contributed by atoms with E-state index >= 15 is 0 Å². The van der Waals surface area contributed by atoms with Crippen LogP contribution in [0.3, 0.4) is 0 Å². The minimum atomic E-state index is -0.303. The van der Waals surface area contributed by atoms with E-state index in [2.05, 4.69) is 236 Å². The highest BCUT2D eigenvalue weighted by Gasteiger charge is 2.46. The molecule has 14 aromatic rings. The Balaban J connectivity index is 0.814. The predicted molar refractivity (Wildman–Crippen MR) is 326 cm³/mol. The molecule has 3 aliphatic carbocycles. The van der Waals surface area contributed by atoms with Crippen LogP contribution in [0.5, 0.6) is 0 Å². The number of fused-ring (bicyclic) bond motifs is 19. The lowest BCUT2D eigenvalue weighted by Gasteiger charge is -2.25. The first kappa shape index (κ1) is 44.7. The van der Waals surface area contributed by atoms with E-state index in [1.54, 1.807) is 0 Å². The molecule has 17 rings (SSSR count). The van der Waals surface area contributed by atoms with E-state index in [-0.39, 0.29) is 16.2 Å². The molecule has 0 spiro atoms. The molecule has 0 amide bonds. The summed E-state index contributed by atoms with van der Waals surface area (Å²) < 4.78 is 14.1. The fraction of sp³-hybridized carbons (Fsp3) is 0.120. The standard InChI is InChI=1S/C75H52N2O2/c1-73(2)61-37-57-63(74(3,4)65-33-53(59-39-76-31-29-45(59)67(57)65)51-27-15-25-49-47-23-13-21-43(69(47)78-71(49)51)41-17-9-7-10-18-41)35-55(61)56-36-64-58(38-62(56)73)68-46-30-32-77-40-60(46)54(34-66(68)75(64,5)6)52-28-16-26-50-48-24-14-22-44(70(48)79-72(50)52)42-19-11-8-12-20-42/h7-40H,1-6H3. The van der Waals surface area contributed by atoms with Crippen molar-refractivity contribution in [2.24, 2.45) is 0 Å². The van der Waals surface area contributed by atoms with Gasteiger partial charge in [0, 0.05) is 95.6 Å². The van der Waals surface area contributed by atoms with E-state index in [0.29, 0.717) is 0 Å². The van der Waals surface area contributed by atoms with Crippen LogP contribution in [-0.2, 0) is 16.2 Å². The van der Waals surface area contributed by atoms with E-state index in [1.165, 1.54) is 77.5 Å². The number of pyridine rings is 2. The van der Waals surface area contributed by atoms with Crippen molar-refractivity contribution in [3.63, 3.8) is 0 Å². The van der Waals surface area contributed by atoms with Crippen molar-refractivity contribution < 1.29 is 8.83 Å². The van der Waals surface area contributed by atoms with Crippen LogP contribution < -0.4 is 0 Å². The maximum absolute atomic E-state index is 7.04. The molecule has 0 fully saturated rings. The number of hydrogen-bond acceptors (Lipinski definition) is 4. The summed E-state index contributed by atoms with van der Waals surface area (Å²) in [7, 11) is 0. The number of para-hydroxylation sites is 4. The third-order valence-electron chi connectivity index (χ3n) is 18.9. The van der Waals surface area contributed by atoms with Gasteiger partial charge in [0.05, 0.1) is 0 Å². The zero-order valence-electron chi connectivity index (χ0n) is 44.8. The molecule has 0 aliphatic heterocycles. The molecule has 0 bridgehead atoms. The van der Waals surface area contributed by atoms with E-state index < -0.39 is 0 Å². The van der Waals surface area contributed by atoms with Crippen LogP contribution in [0.4, 0.5) is 0 Å². The number of furan rings is 2. The Morgan fingerprint density at radius 3 is 1.00 bits per heavy atom. The Bertz CT molecular complexity index is 4720. The number of nitrogens with zero attached hydrogens (tertiary/aromatic N) is 2. The van der Waals surface area contributed by atoms with Crippen LogP contribution in [0, 0.1) is 0 Å². The SMILES string of the molecule is CC1(C)c2cc3c(cc2-c2cc4c(cc21)-c1c(cc(-c2cccc5c2oc2c(-c6ccccc6)cccc25)c2cnccc12)C4(C)C)C(C)(C)c1cc(-c2cccc4c2oc2c(-c5ccccc5)cccc24)c2cnccc2c1-3. The van der Waals surface area contributed by atoms with E-state index in [0.717, 1.165) is 99.2 Å². The second-order valence-corrected chi connectivity index (χ2v) is 24.0. The maximum Gasteiger partial charge on any atom is 0.143 e. The summed E-state index contributed by atoms with van der Waals surface area (Å²) in [5, 5.41) is 9.15. The van der Waals surface area contributed by atoms with Crippen molar-refractivity contribution in [1.29, 1.82) is 0 Å². The Kier molecular flexibility index (Phi) is 8.73. The van der Waals surface area contributed by atoms with Crippen molar-refractivity contribution in [2.75, 3.05) is 0 Å². The summed E-state index contributed by atoms with van der Waals surface area (Å²) in [6, 6.07) is 67.0. The molecule has 4 nitrogen and oxygen atoms in total. The van der Waals surface area contributed by atoms with Crippen LogP contribution in [0.25, 0.3) is 143 Å². The highest BCUT2D eigenvalue weighted by Crippen LogP contribution is 2.62. The summed E-state index contributed by atoms with van der Waals surface area (Å²) in [6.45, 7) is 14.5. The number of benzene rings is 10. The monoisotopic (exact) mass is 1010 g/mol. The molecule has 79 heavy (non-hydrogen) atoms. The summed E-state index contributed by atoms with van der Waals surface area (Å²) in [6.07, 6.45) is 8.04. The van der Waals surface area contributed by atoms with Crippen LogP contribution in [0.1, 0.15) is 74.9 Å². The lowest BCUT2D eigenvalue weighted by atomic mass is 9.78.